The molecule has 1 N–H and O–H groups in total. The van der Waals surface area contributed by atoms with E-state index in [2.05, 4.69) is 24.4 Å². The number of hydrogen-bond donors (Lipinski definition) is 1. The number of nitrogens with zero attached hydrogens (tertiary/aromatic N) is 1. The van der Waals surface area contributed by atoms with Gasteiger partial charge in [-0.2, -0.15) is 0 Å². The van der Waals surface area contributed by atoms with Crippen molar-refractivity contribution in [1.82, 2.24) is 10.2 Å². The maximum atomic E-state index is 11.3. The number of nitrogens with one attached hydrogen (secondary N) is 1. The maximum absolute atomic E-state index is 11.3. The molecule has 1 aliphatic heterocycles. The molecule has 0 spiro atoms. The second-order valence-corrected chi connectivity index (χ2v) is 5.78. The van der Waals surface area contributed by atoms with E-state index in [-0.39, 0.29) is 5.91 Å². The summed E-state index contributed by atoms with van der Waals surface area (Å²) in [7, 11) is 1.88. The number of amides is 1. The Morgan fingerprint density at radius 2 is 2.38 bits per heavy atom. The van der Waals surface area contributed by atoms with Gasteiger partial charge in [-0.3, -0.25) is 4.79 Å². The smallest absolute Gasteiger partial charge is 0.222 e. The summed E-state index contributed by atoms with van der Waals surface area (Å²) < 4.78 is 0. The van der Waals surface area contributed by atoms with Crippen molar-refractivity contribution < 1.29 is 4.79 Å². The molecule has 1 atom stereocenters. The van der Waals surface area contributed by atoms with Crippen molar-refractivity contribution in [2.45, 2.75) is 32.4 Å². The van der Waals surface area contributed by atoms with E-state index < -0.39 is 0 Å². The van der Waals surface area contributed by atoms with E-state index in [9.17, 15) is 4.79 Å². The molecule has 88 valence electrons. The quantitative estimate of drug-likeness (QED) is 0.870. The third kappa shape index (κ3) is 2.83. The van der Waals surface area contributed by atoms with Crippen molar-refractivity contribution in [3.63, 3.8) is 0 Å². The van der Waals surface area contributed by atoms with Crippen molar-refractivity contribution >= 4 is 17.2 Å². The van der Waals surface area contributed by atoms with Gasteiger partial charge in [-0.15, -0.1) is 11.3 Å². The lowest BCUT2D eigenvalue weighted by molar-refractivity contribution is -0.132. The van der Waals surface area contributed by atoms with Crippen LogP contribution in [0.1, 0.15) is 22.6 Å². The highest BCUT2D eigenvalue weighted by atomic mass is 32.1. The standard InChI is InChI=1S/C12H18N2OS/c1-9-3-5-11(16-9)7-13-10-4-6-12(15)14(2)8-10/h3,5,10,13H,4,6-8H2,1-2H3. The summed E-state index contributed by atoms with van der Waals surface area (Å²) >= 11 is 1.83. The minimum Gasteiger partial charge on any atom is -0.344 e. The normalized spacial score (nSPS) is 21.5. The van der Waals surface area contributed by atoms with Crippen LogP contribution in [0.15, 0.2) is 12.1 Å². The number of aryl methyl sites for hydroxylation is 1. The van der Waals surface area contributed by atoms with E-state index in [0.29, 0.717) is 12.5 Å². The molecule has 0 aromatic carbocycles. The van der Waals surface area contributed by atoms with Crippen LogP contribution in [0.2, 0.25) is 0 Å². The van der Waals surface area contributed by atoms with E-state index in [0.717, 1.165) is 19.5 Å². The zero-order valence-electron chi connectivity index (χ0n) is 9.82. The fourth-order valence-corrected chi connectivity index (χ4v) is 2.85. The van der Waals surface area contributed by atoms with E-state index in [4.69, 9.17) is 0 Å². The van der Waals surface area contributed by atoms with E-state index >= 15 is 0 Å². The molecule has 1 fully saturated rings. The molecule has 2 heterocycles. The van der Waals surface area contributed by atoms with Crippen LogP contribution in [0.25, 0.3) is 0 Å². The van der Waals surface area contributed by atoms with Gasteiger partial charge in [0.15, 0.2) is 0 Å². The highest BCUT2D eigenvalue weighted by Crippen LogP contribution is 2.16. The van der Waals surface area contributed by atoms with E-state index in [1.54, 1.807) is 0 Å². The zero-order chi connectivity index (χ0) is 11.5. The molecule has 0 bridgehead atoms. The number of rotatable bonds is 3. The lowest BCUT2D eigenvalue weighted by atomic mass is 10.1. The largest absolute Gasteiger partial charge is 0.344 e. The van der Waals surface area contributed by atoms with Crippen molar-refractivity contribution in [2.24, 2.45) is 0 Å². The number of carbonyl (C=O) groups is 1. The molecule has 2 rings (SSSR count). The minimum atomic E-state index is 0.269. The third-order valence-electron chi connectivity index (χ3n) is 2.99. The summed E-state index contributed by atoms with van der Waals surface area (Å²) in [5.74, 6) is 0.269. The fraction of sp³-hybridized carbons (Fsp3) is 0.583. The van der Waals surface area contributed by atoms with Gasteiger partial charge < -0.3 is 10.2 Å². The van der Waals surface area contributed by atoms with Crippen LogP contribution in [0.5, 0.6) is 0 Å². The Hall–Kier alpha value is -0.870. The molecule has 1 aromatic heterocycles. The summed E-state index contributed by atoms with van der Waals surface area (Å²) in [6.45, 7) is 3.88. The van der Waals surface area contributed by atoms with Gasteiger partial charge >= 0.3 is 0 Å². The lowest BCUT2D eigenvalue weighted by Gasteiger charge is -2.30. The average Bonchev–Trinajstić information content (AvgIpc) is 2.66. The number of piperidine rings is 1. The van der Waals surface area contributed by atoms with Gasteiger partial charge in [-0.25, -0.2) is 0 Å². The van der Waals surface area contributed by atoms with Crippen LogP contribution < -0.4 is 5.32 Å². The summed E-state index contributed by atoms with van der Waals surface area (Å²) in [4.78, 5) is 15.9. The van der Waals surface area contributed by atoms with Crippen LogP contribution in [0, 0.1) is 6.92 Å². The van der Waals surface area contributed by atoms with Gasteiger partial charge in [0.2, 0.25) is 5.91 Å². The second kappa shape index (κ2) is 4.97. The predicted molar refractivity (Wildman–Crippen MR) is 66.6 cm³/mol. The average molecular weight is 238 g/mol. The molecular formula is C12H18N2OS. The molecule has 16 heavy (non-hydrogen) atoms. The summed E-state index contributed by atoms with van der Waals surface area (Å²) in [5, 5.41) is 3.52. The van der Waals surface area contributed by atoms with Gasteiger partial charge in [0.05, 0.1) is 0 Å². The molecule has 1 unspecified atom stereocenters. The van der Waals surface area contributed by atoms with Gasteiger partial charge in [-0.05, 0) is 25.5 Å². The number of likely N-dealkylation sites (N-methyl/N-ethyl adjacent to an activating group) is 1. The van der Waals surface area contributed by atoms with Gasteiger partial charge in [-0.1, -0.05) is 0 Å². The molecule has 1 amide bonds. The first kappa shape index (κ1) is 11.6. The molecule has 3 nitrogen and oxygen atoms in total. The maximum Gasteiger partial charge on any atom is 0.222 e. The second-order valence-electron chi connectivity index (χ2n) is 4.40. The Labute approximate surface area is 100 Å². The lowest BCUT2D eigenvalue weighted by Crippen LogP contribution is -2.46. The Kier molecular flexibility index (Phi) is 3.61. The van der Waals surface area contributed by atoms with Crippen LogP contribution in [-0.2, 0) is 11.3 Å². The van der Waals surface area contributed by atoms with E-state index in [1.165, 1.54) is 9.75 Å². The van der Waals surface area contributed by atoms with E-state index in [1.807, 2.05) is 23.3 Å². The van der Waals surface area contributed by atoms with Crippen LogP contribution in [0.4, 0.5) is 0 Å². The van der Waals surface area contributed by atoms with Crippen molar-refractivity contribution in [3.05, 3.63) is 21.9 Å². The molecule has 1 aliphatic rings. The first-order valence-corrected chi connectivity index (χ1v) is 6.49. The Morgan fingerprint density at radius 3 is 3.00 bits per heavy atom. The highest BCUT2D eigenvalue weighted by Gasteiger charge is 2.22. The first-order chi connectivity index (χ1) is 7.65. The SMILES string of the molecule is Cc1ccc(CNC2CCC(=O)N(C)C2)s1. The summed E-state index contributed by atoms with van der Waals surface area (Å²) in [5.41, 5.74) is 0. The first-order valence-electron chi connectivity index (χ1n) is 5.68. The minimum absolute atomic E-state index is 0.269. The Balaban J connectivity index is 1.80. The predicted octanol–water partition coefficient (Wildman–Crippen LogP) is 1.77. The molecule has 4 heteroatoms. The van der Waals surface area contributed by atoms with Crippen molar-refractivity contribution in [1.29, 1.82) is 0 Å². The highest BCUT2D eigenvalue weighted by molar-refractivity contribution is 7.11. The van der Waals surface area contributed by atoms with Crippen LogP contribution in [0.3, 0.4) is 0 Å². The number of carbonyl (C=O) groups excluding carboxylic acids is 1. The number of thiophene rings is 1. The molecule has 1 saturated heterocycles. The molecule has 0 radical (unpaired) electrons. The monoisotopic (exact) mass is 238 g/mol. The third-order valence-corrected chi connectivity index (χ3v) is 3.99. The Bertz CT molecular complexity index is 375. The molecule has 0 aliphatic carbocycles. The molecular weight excluding hydrogens is 220 g/mol. The van der Waals surface area contributed by atoms with Gasteiger partial charge in [0, 0.05) is 42.4 Å². The fourth-order valence-electron chi connectivity index (χ4n) is 2.00. The van der Waals surface area contributed by atoms with Gasteiger partial charge in [0.1, 0.15) is 0 Å². The van der Waals surface area contributed by atoms with Crippen molar-refractivity contribution in [2.75, 3.05) is 13.6 Å². The molecule has 1 aromatic rings. The van der Waals surface area contributed by atoms with Gasteiger partial charge in [0.25, 0.3) is 0 Å². The number of likely N-dealkylation sites (tertiary alicyclic amines) is 1. The topological polar surface area (TPSA) is 32.3 Å². The number of hydrogen-bond acceptors (Lipinski definition) is 3. The van der Waals surface area contributed by atoms with Crippen LogP contribution in [-0.4, -0.2) is 30.4 Å². The summed E-state index contributed by atoms with van der Waals surface area (Å²) in [6, 6.07) is 4.77. The zero-order valence-corrected chi connectivity index (χ0v) is 10.6. The Morgan fingerprint density at radius 1 is 1.56 bits per heavy atom. The van der Waals surface area contributed by atoms with Crippen LogP contribution >= 0.6 is 11.3 Å². The molecule has 0 saturated carbocycles. The van der Waals surface area contributed by atoms with Crippen molar-refractivity contribution in [3.8, 4) is 0 Å². The summed E-state index contributed by atoms with van der Waals surface area (Å²) in [6.07, 6.45) is 1.64.